The van der Waals surface area contributed by atoms with E-state index in [9.17, 15) is 23.5 Å². The van der Waals surface area contributed by atoms with Crippen LogP contribution in [0.3, 0.4) is 0 Å². The second kappa shape index (κ2) is 12.4. The molecule has 4 atom stereocenters. The summed E-state index contributed by atoms with van der Waals surface area (Å²) in [4.78, 5) is 23.3. The Morgan fingerprint density at radius 3 is 2.32 bits per heavy atom. The molecule has 0 saturated heterocycles. The second-order valence-electron chi connectivity index (χ2n) is 7.05. The molecule has 158 valence electrons. The van der Waals surface area contributed by atoms with Crippen molar-refractivity contribution in [2.75, 3.05) is 6.54 Å². The van der Waals surface area contributed by atoms with Gasteiger partial charge in [-0.2, -0.15) is 0 Å². The van der Waals surface area contributed by atoms with Gasteiger partial charge in [0.05, 0.1) is 18.1 Å². The van der Waals surface area contributed by atoms with Crippen molar-refractivity contribution in [3.63, 3.8) is 0 Å². The summed E-state index contributed by atoms with van der Waals surface area (Å²) in [5.74, 6) is -2.28. The van der Waals surface area contributed by atoms with Crippen molar-refractivity contribution >= 4 is 12.3 Å². The van der Waals surface area contributed by atoms with E-state index in [0.29, 0.717) is 24.8 Å². The third-order valence-corrected chi connectivity index (χ3v) is 4.63. The van der Waals surface area contributed by atoms with Crippen LogP contribution >= 0.6 is 0 Å². The number of nitrogens with one attached hydrogen (secondary N) is 2. The molecule has 0 aliphatic heterocycles. The van der Waals surface area contributed by atoms with Crippen LogP contribution in [-0.2, 0) is 16.0 Å². The van der Waals surface area contributed by atoms with E-state index in [4.69, 9.17) is 5.73 Å². The Labute approximate surface area is 164 Å². The average molecular weight is 399 g/mol. The normalized spacial score (nSPS) is 15.4. The highest BCUT2D eigenvalue weighted by Gasteiger charge is 2.29. The zero-order valence-electron chi connectivity index (χ0n) is 16.5. The summed E-state index contributed by atoms with van der Waals surface area (Å²) in [5.41, 5.74) is 6.33. The highest BCUT2D eigenvalue weighted by atomic mass is 19.1. The second-order valence-corrected chi connectivity index (χ2v) is 7.05. The fourth-order valence-electron chi connectivity index (χ4n) is 3.21. The van der Waals surface area contributed by atoms with Crippen LogP contribution < -0.4 is 16.4 Å². The molecule has 0 aliphatic carbocycles. The lowest BCUT2D eigenvalue weighted by Crippen LogP contribution is -2.54. The number of aliphatic hydroxyl groups is 1. The molecule has 0 bridgehead atoms. The third kappa shape index (κ3) is 7.90. The number of aliphatic hydroxyl groups excluding tert-OH is 1. The molecule has 4 unspecified atom stereocenters. The van der Waals surface area contributed by atoms with Gasteiger partial charge >= 0.3 is 0 Å². The van der Waals surface area contributed by atoms with Gasteiger partial charge in [-0.1, -0.05) is 26.7 Å². The van der Waals surface area contributed by atoms with Gasteiger partial charge in [-0.05, 0) is 37.0 Å². The highest BCUT2D eigenvalue weighted by molar-refractivity contribution is 5.79. The maximum Gasteiger partial charge on any atom is 0.225 e. The molecule has 28 heavy (non-hydrogen) atoms. The van der Waals surface area contributed by atoms with Gasteiger partial charge in [0.2, 0.25) is 12.3 Å². The summed E-state index contributed by atoms with van der Waals surface area (Å²) >= 11 is 0. The molecule has 6 nitrogen and oxygen atoms in total. The van der Waals surface area contributed by atoms with Gasteiger partial charge in [0, 0.05) is 18.7 Å². The van der Waals surface area contributed by atoms with E-state index in [-0.39, 0.29) is 18.9 Å². The first kappa shape index (κ1) is 24.0. The predicted octanol–water partition coefficient (Wildman–Crippen LogP) is 1.64. The Kier molecular flexibility index (Phi) is 10.6. The molecule has 1 aromatic rings. The van der Waals surface area contributed by atoms with Crippen molar-refractivity contribution in [2.45, 2.75) is 64.1 Å². The zero-order chi connectivity index (χ0) is 21.1. The number of amides is 2. The standard InChI is InChI=1S/C20H31F2N3O3/c1-3-5-14(11-24-12-26)20(28)25-18(19(27)17(23)6-4-2)9-13-7-15(21)10-16(22)8-13/h7-8,10,12,14,17-19,27H,3-6,9,11,23H2,1-2H3,(H,24,26)(H,25,28). The molecule has 0 saturated carbocycles. The van der Waals surface area contributed by atoms with Crippen LogP contribution in [-0.4, -0.2) is 42.2 Å². The van der Waals surface area contributed by atoms with Gasteiger partial charge in [0.15, 0.2) is 0 Å². The molecular formula is C20H31F2N3O3. The minimum Gasteiger partial charge on any atom is -0.389 e. The van der Waals surface area contributed by atoms with E-state index in [0.717, 1.165) is 31.0 Å². The molecule has 2 amide bonds. The van der Waals surface area contributed by atoms with Gasteiger partial charge in [-0.15, -0.1) is 0 Å². The molecule has 0 aromatic heterocycles. The van der Waals surface area contributed by atoms with Crippen LogP contribution in [0.2, 0.25) is 0 Å². The molecule has 8 heteroatoms. The monoisotopic (exact) mass is 399 g/mol. The molecular weight excluding hydrogens is 368 g/mol. The number of carbonyl (C=O) groups excluding carboxylic acids is 2. The number of hydrogen-bond donors (Lipinski definition) is 4. The number of carbonyl (C=O) groups is 2. The van der Waals surface area contributed by atoms with Crippen molar-refractivity contribution < 1.29 is 23.5 Å². The van der Waals surface area contributed by atoms with Crippen molar-refractivity contribution in [2.24, 2.45) is 11.7 Å². The van der Waals surface area contributed by atoms with E-state index in [1.54, 1.807) is 0 Å². The zero-order valence-corrected chi connectivity index (χ0v) is 16.5. The number of rotatable bonds is 13. The summed E-state index contributed by atoms with van der Waals surface area (Å²) in [6, 6.07) is 1.69. The highest BCUT2D eigenvalue weighted by Crippen LogP contribution is 2.15. The van der Waals surface area contributed by atoms with Gasteiger partial charge in [-0.3, -0.25) is 9.59 Å². The van der Waals surface area contributed by atoms with Crippen LogP contribution in [0.1, 0.15) is 45.1 Å². The smallest absolute Gasteiger partial charge is 0.225 e. The van der Waals surface area contributed by atoms with Gasteiger partial charge in [0.1, 0.15) is 11.6 Å². The Morgan fingerprint density at radius 1 is 1.18 bits per heavy atom. The lowest BCUT2D eigenvalue weighted by atomic mass is 9.93. The first-order valence-electron chi connectivity index (χ1n) is 9.68. The molecule has 0 radical (unpaired) electrons. The first-order chi connectivity index (χ1) is 13.3. The van der Waals surface area contributed by atoms with Crippen molar-refractivity contribution in [1.29, 1.82) is 0 Å². The minimum atomic E-state index is -1.09. The Bertz CT molecular complexity index is 610. The Balaban J connectivity index is 3.01. The lowest BCUT2D eigenvalue weighted by Gasteiger charge is -2.30. The first-order valence-corrected chi connectivity index (χ1v) is 9.68. The molecule has 5 N–H and O–H groups in total. The van der Waals surface area contributed by atoms with E-state index in [1.807, 2.05) is 13.8 Å². The summed E-state index contributed by atoms with van der Waals surface area (Å²) in [5, 5.41) is 15.9. The minimum absolute atomic E-state index is 0.0267. The molecule has 1 aromatic carbocycles. The molecule has 0 fully saturated rings. The number of hydrogen-bond acceptors (Lipinski definition) is 4. The van der Waals surface area contributed by atoms with E-state index in [2.05, 4.69) is 10.6 Å². The quantitative estimate of drug-likeness (QED) is 0.379. The van der Waals surface area contributed by atoms with E-state index in [1.165, 1.54) is 0 Å². The number of halogens is 2. The Hall–Kier alpha value is -2.06. The number of nitrogens with two attached hydrogens (primary N) is 1. The van der Waals surface area contributed by atoms with E-state index >= 15 is 0 Å². The van der Waals surface area contributed by atoms with Gasteiger partial charge in [0.25, 0.3) is 0 Å². The SMILES string of the molecule is CCCC(CNC=O)C(=O)NC(Cc1cc(F)cc(F)c1)C(O)C(N)CCC. The van der Waals surface area contributed by atoms with Crippen LogP contribution in [0.15, 0.2) is 18.2 Å². The Morgan fingerprint density at radius 2 is 1.79 bits per heavy atom. The van der Waals surface area contributed by atoms with Crippen molar-refractivity contribution in [3.8, 4) is 0 Å². The van der Waals surface area contributed by atoms with Gasteiger partial charge in [-0.25, -0.2) is 8.78 Å². The van der Waals surface area contributed by atoms with Gasteiger partial charge < -0.3 is 21.5 Å². The third-order valence-electron chi connectivity index (χ3n) is 4.63. The lowest BCUT2D eigenvalue weighted by molar-refractivity contribution is -0.127. The van der Waals surface area contributed by atoms with Crippen molar-refractivity contribution in [1.82, 2.24) is 10.6 Å². The van der Waals surface area contributed by atoms with Crippen LogP contribution in [0.5, 0.6) is 0 Å². The summed E-state index contributed by atoms with van der Waals surface area (Å²) < 4.78 is 27.1. The largest absolute Gasteiger partial charge is 0.389 e. The average Bonchev–Trinajstić information content (AvgIpc) is 2.63. The fraction of sp³-hybridized carbons (Fsp3) is 0.600. The molecule has 0 heterocycles. The number of benzene rings is 1. The maximum absolute atomic E-state index is 13.5. The van der Waals surface area contributed by atoms with Crippen LogP contribution in [0.25, 0.3) is 0 Å². The topological polar surface area (TPSA) is 104 Å². The van der Waals surface area contributed by atoms with Crippen LogP contribution in [0.4, 0.5) is 8.78 Å². The fourth-order valence-corrected chi connectivity index (χ4v) is 3.21. The summed E-state index contributed by atoms with van der Waals surface area (Å²) in [7, 11) is 0. The summed E-state index contributed by atoms with van der Waals surface area (Å²) in [6.45, 7) is 4.01. The molecule has 0 aliphatic rings. The summed E-state index contributed by atoms with van der Waals surface area (Å²) in [6.07, 6.45) is 2.03. The molecule has 0 spiro atoms. The molecule has 1 rings (SSSR count). The predicted molar refractivity (Wildman–Crippen MR) is 103 cm³/mol. The maximum atomic E-state index is 13.5. The van der Waals surface area contributed by atoms with Crippen LogP contribution in [0, 0.1) is 17.6 Å². The van der Waals surface area contributed by atoms with E-state index < -0.39 is 35.7 Å². The van der Waals surface area contributed by atoms with Crippen molar-refractivity contribution in [3.05, 3.63) is 35.4 Å².